The highest BCUT2D eigenvalue weighted by Gasteiger charge is 2.25. The molecule has 0 bridgehead atoms. The van der Waals surface area contributed by atoms with E-state index in [0.29, 0.717) is 41.7 Å². The Labute approximate surface area is 262 Å². The number of hydrogen-bond acceptors (Lipinski definition) is 8. The maximum absolute atomic E-state index is 9.93. The number of benzene rings is 3. The summed E-state index contributed by atoms with van der Waals surface area (Å²) in [4.78, 5) is 16.1. The summed E-state index contributed by atoms with van der Waals surface area (Å²) in [6.07, 6.45) is 1.50. The molecule has 0 aliphatic carbocycles. The SMILES string of the molecule is Cc1c(-c2nc3cc(CN4CCC(O)C4)cc(C#N)c3o2)cccc1-c1cccc(-c2nc3c(s2)CN(C(C)C)CC3)c1C. The van der Waals surface area contributed by atoms with Crippen LogP contribution in [0.15, 0.2) is 52.9 Å². The molecule has 1 atom stereocenters. The van der Waals surface area contributed by atoms with Gasteiger partial charge in [-0.05, 0) is 80.1 Å². The van der Waals surface area contributed by atoms with Gasteiger partial charge < -0.3 is 9.52 Å². The van der Waals surface area contributed by atoms with Crippen molar-refractivity contribution in [1.82, 2.24) is 19.8 Å². The lowest BCUT2D eigenvalue weighted by atomic mass is 9.91. The van der Waals surface area contributed by atoms with Crippen molar-refractivity contribution in [3.63, 3.8) is 0 Å². The van der Waals surface area contributed by atoms with Crippen molar-refractivity contribution < 1.29 is 9.52 Å². The van der Waals surface area contributed by atoms with Gasteiger partial charge in [-0.25, -0.2) is 9.97 Å². The number of β-amino-alcohol motifs (C(OH)–C–C–N with tert-alkyl or cyclic N) is 1. The topological polar surface area (TPSA) is 89.4 Å². The number of nitriles is 1. The first-order chi connectivity index (χ1) is 21.3. The maximum atomic E-state index is 9.93. The van der Waals surface area contributed by atoms with Gasteiger partial charge in [0.25, 0.3) is 0 Å². The van der Waals surface area contributed by atoms with Crippen LogP contribution in [0, 0.1) is 25.2 Å². The molecular formula is C36H37N5O2S. The van der Waals surface area contributed by atoms with E-state index in [9.17, 15) is 10.4 Å². The van der Waals surface area contributed by atoms with E-state index in [2.05, 4.69) is 73.9 Å². The zero-order valence-electron chi connectivity index (χ0n) is 25.7. The first-order valence-electron chi connectivity index (χ1n) is 15.5. The van der Waals surface area contributed by atoms with Crippen LogP contribution in [-0.4, -0.2) is 56.7 Å². The monoisotopic (exact) mass is 603 g/mol. The van der Waals surface area contributed by atoms with Gasteiger partial charge >= 0.3 is 0 Å². The lowest BCUT2D eigenvalue weighted by Crippen LogP contribution is -2.35. The van der Waals surface area contributed by atoms with Crippen LogP contribution in [0.3, 0.4) is 0 Å². The molecule has 2 aliphatic rings. The van der Waals surface area contributed by atoms with Crippen molar-refractivity contribution in [2.75, 3.05) is 19.6 Å². The molecule has 2 aromatic heterocycles. The van der Waals surface area contributed by atoms with Gasteiger partial charge in [-0.3, -0.25) is 9.80 Å². The first kappa shape index (κ1) is 28.9. The second-order valence-electron chi connectivity index (χ2n) is 12.5. The molecule has 1 N–H and O–H groups in total. The zero-order valence-corrected chi connectivity index (χ0v) is 26.5. The van der Waals surface area contributed by atoms with Crippen molar-refractivity contribution in [3.8, 4) is 39.2 Å². The standard InChI is InChI=1S/C36H37N5O2S/c1-21(2)41-14-12-31-33(20-41)44-36(39-31)30-10-6-8-28(23(30)4)27-7-5-9-29(22(27)3)35-38-32-16-24(15-25(17-37)34(32)43-35)18-40-13-11-26(42)19-40/h5-10,15-16,21,26,42H,11-14,18-20H2,1-4H3. The Bertz CT molecular complexity index is 1920. The van der Waals surface area contributed by atoms with E-state index in [4.69, 9.17) is 14.4 Å². The normalized spacial score (nSPS) is 17.4. The summed E-state index contributed by atoms with van der Waals surface area (Å²) in [5.41, 5.74) is 10.6. The molecule has 3 aromatic carbocycles. The molecule has 5 aromatic rings. The molecule has 1 saturated heterocycles. The third kappa shape index (κ3) is 5.24. The number of likely N-dealkylation sites (tertiary alicyclic amines) is 1. The Kier molecular flexibility index (Phi) is 7.59. The summed E-state index contributed by atoms with van der Waals surface area (Å²) < 4.78 is 6.29. The van der Waals surface area contributed by atoms with Crippen LogP contribution < -0.4 is 0 Å². The van der Waals surface area contributed by atoms with Crippen LogP contribution in [0.4, 0.5) is 0 Å². The van der Waals surface area contributed by atoms with Crippen LogP contribution in [0.5, 0.6) is 0 Å². The Balaban J connectivity index is 1.23. The molecule has 2 aliphatic heterocycles. The number of oxazole rings is 1. The molecular weight excluding hydrogens is 566 g/mol. The van der Waals surface area contributed by atoms with E-state index < -0.39 is 0 Å². The minimum atomic E-state index is -0.282. The quantitative estimate of drug-likeness (QED) is 0.221. The van der Waals surface area contributed by atoms with Crippen molar-refractivity contribution in [1.29, 1.82) is 5.26 Å². The molecule has 4 heterocycles. The van der Waals surface area contributed by atoms with E-state index in [0.717, 1.165) is 59.7 Å². The van der Waals surface area contributed by atoms with E-state index in [1.54, 1.807) is 0 Å². The summed E-state index contributed by atoms with van der Waals surface area (Å²) >= 11 is 1.83. The molecule has 1 unspecified atom stereocenters. The minimum Gasteiger partial charge on any atom is -0.435 e. The molecule has 44 heavy (non-hydrogen) atoms. The number of fused-ring (bicyclic) bond motifs is 2. The number of nitrogens with zero attached hydrogens (tertiary/aromatic N) is 5. The number of aliphatic hydroxyl groups excluding tert-OH is 1. The van der Waals surface area contributed by atoms with Crippen molar-refractivity contribution in [2.45, 2.75) is 65.8 Å². The second kappa shape index (κ2) is 11.6. The lowest BCUT2D eigenvalue weighted by Gasteiger charge is -2.29. The fourth-order valence-electron chi connectivity index (χ4n) is 6.68. The predicted octanol–water partition coefficient (Wildman–Crippen LogP) is 7.11. The number of hydrogen-bond donors (Lipinski definition) is 1. The summed E-state index contributed by atoms with van der Waals surface area (Å²) in [6.45, 7) is 13.0. The average Bonchev–Trinajstić information content (AvgIpc) is 3.74. The Morgan fingerprint density at radius 1 is 1.02 bits per heavy atom. The van der Waals surface area contributed by atoms with Gasteiger partial charge in [-0.1, -0.05) is 30.3 Å². The van der Waals surface area contributed by atoms with Crippen molar-refractivity contribution in [2.24, 2.45) is 0 Å². The molecule has 0 amide bonds. The number of aromatic nitrogens is 2. The van der Waals surface area contributed by atoms with E-state index in [1.165, 1.54) is 27.3 Å². The van der Waals surface area contributed by atoms with Crippen LogP contribution >= 0.6 is 11.3 Å². The van der Waals surface area contributed by atoms with Gasteiger partial charge in [0.2, 0.25) is 5.89 Å². The third-order valence-electron chi connectivity index (χ3n) is 9.23. The van der Waals surface area contributed by atoms with Crippen molar-refractivity contribution >= 4 is 22.4 Å². The fraction of sp³-hybridized carbons (Fsp3) is 0.361. The van der Waals surface area contributed by atoms with E-state index in [-0.39, 0.29) is 6.10 Å². The second-order valence-corrected chi connectivity index (χ2v) is 13.5. The Hall–Kier alpha value is -3.87. The minimum absolute atomic E-state index is 0.282. The largest absolute Gasteiger partial charge is 0.435 e. The van der Waals surface area contributed by atoms with E-state index in [1.807, 2.05) is 29.5 Å². The first-order valence-corrected chi connectivity index (χ1v) is 16.3. The number of rotatable bonds is 6. The molecule has 7 rings (SSSR count). The summed E-state index contributed by atoms with van der Waals surface area (Å²) in [7, 11) is 0. The molecule has 0 spiro atoms. The smallest absolute Gasteiger partial charge is 0.227 e. The molecule has 1 fully saturated rings. The van der Waals surface area contributed by atoms with Gasteiger partial charge in [-0.2, -0.15) is 5.26 Å². The number of aliphatic hydroxyl groups is 1. The van der Waals surface area contributed by atoms with Crippen LogP contribution in [0.2, 0.25) is 0 Å². The van der Waals surface area contributed by atoms with Gasteiger partial charge in [0.05, 0.1) is 17.4 Å². The Morgan fingerprint density at radius 2 is 1.75 bits per heavy atom. The van der Waals surface area contributed by atoms with Gasteiger partial charge in [0.15, 0.2) is 5.58 Å². The fourth-order valence-corrected chi connectivity index (χ4v) is 7.90. The number of thiazole rings is 1. The van der Waals surface area contributed by atoms with Gasteiger partial charge in [0.1, 0.15) is 16.6 Å². The van der Waals surface area contributed by atoms with Crippen LogP contribution in [0.25, 0.3) is 44.3 Å². The predicted molar refractivity (Wildman–Crippen MR) is 175 cm³/mol. The van der Waals surface area contributed by atoms with E-state index >= 15 is 0 Å². The van der Waals surface area contributed by atoms with Gasteiger partial charge in [0, 0.05) is 61.2 Å². The summed E-state index contributed by atoms with van der Waals surface area (Å²) in [6, 6.07) is 19.5. The molecule has 7 nitrogen and oxygen atoms in total. The molecule has 0 radical (unpaired) electrons. The summed E-state index contributed by atoms with van der Waals surface area (Å²) in [5.74, 6) is 0.515. The molecule has 224 valence electrons. The average molecular weight is 604 g/mol. The molecule has 8 heteroatoms. The molecule has 0 saturated carbocycles. The maximum Gasteiger partial charge on any atom is 0.227 e. The lowest BCUT2D eigenvalue weighted by molar-refractivity contribution is 0.175. The highest BCUT2D eigenvalue weighted by Crippen LogP contribution is 2.40. The highest BCUT2D eigenvalue weighted by atomic mass is 32.1. The zero-order chi connectivity index (χ0) is 30.5. The highest BCUT2D eigenvalue weighted by molar-refractivity contribution is 7.15. The van der Waals surface area contributed by atoms with Crippen molar-refractivity contribution in [3.05, 3.63) is 81.4 Å². The third-order valence-corrected chi connectivity index (χ3v) is 10.3. The van der Waals surface area contributed by atoms with Gasteiger partial charge in [-0.15, -0.1) is 11.3 Å². The summed E-state index contributed by atoms with van der Waals surface area (Å²) in [5, 5.41) is 21.0. The van der Waals surface area contributed by atoms with Crippen LogP contribution in [0.1, 0.15) is 53.1 Å². The van der Waals surface area contributed by atoms with Crippen LogP contribution in [-0.2, 0) is 19.5 Å². The Morgan fingerprint density at radius 3 is 2.45 bits per heavy atom.